The molecule has 136 valence electrons. The third-order valence-electron chi connectivity index (χ3n) is 4.93. The van der Waals surface area contributed by atoms with Gasteiger partial charge in [0.15, 0.2) is 9.84 Å². The summed E-state index contributed by atoms with van der Waals surface area (Å²) in [4.78, 5) is 0. The van der Waals surface area contributed by atoms with Crippen molar-refractivity contribution in [1.29, 1.82) is 0 Å². The molecule has 1 aliphatic carbocycles. The van der Waals surface area contributed by atoms with Crippen LogP contribution in [0, 0.1) is 0 Å². The lowest BCUT2D eigenvalue weighted by atomic mass is 9.78. The van der Waals surface area contributed by atoms with Crippen molar-refractivity contribution in [3.63, 3.8) is 0 Å². The molecule has 0 aromatic carbocycles. The van der Waals surface area contributed by atoms with Crippen molar-refractivity contribution in [3.05, 3.63) is 11.0 Å². The quantitative estimate of drug-likeness (QED) is 0.528. The number of unbranched alkanes of at least 4 members (excludes halogenated alkanes) is 7. The third-order valence-corrected chi connectivity index (χ3v) is 5.65. The predicted octanol–water partition coefficient (Wildman–Crippen LogP) is 5.14. The summed E-state index contributed by atoms with van der Waals surface area (Å²) < 4.78 is 23.3. The van der Waals surface area contributed by atoms with Gasteiger partial charge in [0.1, 0.15) is 0 Å². The van der Waals surface area contributed by atoms with Crippen LogP contribution in [-0.4, -0.2) is 25.4 Å². The van der Waals surface area contributed by atoms with Crippen molar-refractivity contribution in [2.75, 3.05) is 6.26 Å². The highest BCUT2D eigenvalue weighted by molar-refractivity contribution is 7.93. The summed E-state index contributed by atoms with van der Waals surface area (Å²) >= 11 is 0. The third kappa shape index (κ3) is 8.90. The van der Waals surface area contributed by atoms with Gasteiger partial charge in [-0.05, 0) is 31.3 Å². The highest BCUT2D eigenvalue weighted by Gasteiger charge is 2.33. The molecule has 1 rings (SSSR count). The van der Waals surface area contributed by atoms with E-state index >= 15 is 0 Å². The molecule has 1 saturated carbocycles. The normalized spacial score (nSPS) is 19.0. The largest absolute Gasteiger partial charge is 0.385 e. The van der Waals surface area contributed by atoms with Crippen LogP contribution in [0.15, 0.2) is 11.0 Å². The minimum absolute atomic E-state index is 0.714. The van der Waals surface area contributed by atoms with Gasteiger partial charge in [-0.3, -0.25) is 0 Å². The van der Waals surface area contributed by atoms with Crippen LogP contribution in [0.5, 0.6) is 0 Å². The second kappa shape index (κ2) is 10.5. The van der Waals surface area contributed by atoms with E-state index in [2.05, 4.69) is 6.92 Å². The average Bonchev–Trinajstić information content (AvgIpc) is 2.48. The second-order valence-corrected chi connectivity index (χ2v) is 9.18. The van der Waals surface area contributed by atoms with Crippen LogP contribution in [0.2, 0.25) is 0 Å². The molecule has 1 aliphatic rings. The molecule has 0 aromatic heterocycles. The Hall–Kier alpha value is -0.350. The zero-order valence-corrected chi connectivity index (χ0v) is 16.0. The summed E-state index contributed by atoms with van der Waals surface area (Å²) in [7, 11) is -3.19. The lowest BCUT2D eigenvalue weighted by molar-refractivity contribution is 0.0363. The van der Waals surface area contributed by atoms with E-state index in [1.54, 1.807) is 0 Å². The van der Waals surface area contributed by atoms with E-state index in [1.807, 2.05) is 0 Å². The van der Waals surface area contributed by atoms with Crippen LogP contribution in [0.25, 0.3) is 0 Å². The van der Waals surface area contributed by atoms with Crippen LogP contribution in [-0.2, 0) is 9.84 Å². The highest BCUT2D eigenvalue weighted by atomic mass is 32.2. The Morgan fingerprint density at radius 2 is 1.48 bits per heavy atom. The fourth-order valence-corrected chi connectivity index (χ4v) is 4.42. The van der Waals surface area contributed by atoms with E-state index in [1.165, 1.54) is 50.2 Å². The van der Waals surface area contributed by atoms with Gasteiger partial charge in [0, 0.05) is 11.7 Å². The molecule has 0 radical (unpaired) electrons. The van der Waals surface area contributed by atoms with Crippen molar-refractivity contribution in [3.8, 4) is 0 Å². The van der Waals surface area contributed by atoms with Gasteiger partial charge in [0.25, 0.3) is 0 Å². The van der Waals surface area contributed by atoms with E-state index in [-0.39, 0.29) is 0 Å². The molecule has 0 heterocycles. The highest BCUT2D eigenvalue weighted by Crippen LogP contribution is 2.37. The Labute approximate surface area is 143 Å². The number of hydrogen-bond donors (Lipinski definition) is 1. The van der Waals surface area contributed by atoms with Crippen LogP contribution in [0.1, 0.15) is 96.8 Å². The molecule has 1 N–H and O–H groups in total. The molecule has 0 spiro atoms. The molecule has 3 nitrogen and oxygen atoms in total. The smallest absolute Gasteiger partial charge is 0.168 e. The summed E-state index contributed by atoms with van der Waals surface area (Å²) in [6.07, 6.45) is 16.4. The molecule has 0 atom stereocenters. The van der Waals surface area contributed by atoms with Crippen molar-refractivity contribution in [1.82, 2.24) is 0 Å². The standard InChI is InChI=1S/C19H36O3S/c1-3-4-5-6-7-8-9-11-14-18(17-23(2,21)22)19(20)15-12-10-13-16-19/h17,20H,3-16H2,1-2H3. The maximum atomic E-state index is 11.7. The maximum Gasteiger partial charge on any atom is 0.168 e. The molecular formula is C19H36O3S. The van der Waals surface area contributed by atoms with E-state index in [0.29, 0.717) is 12.8 Å². The Morgan fingerprint density at radius 1 is 0.957 bits per heavy atom. The summed E-state index contributed by atoms with van der Waals surface area (Å²) in [5.74, 6) is 0. The van der Waals surface area contributed by atoms with E-state index in [0.717, 1.165) is 44.1 Å². The summed E-state index contributed by atoms with van der Waals surface area (Å²) in [6.45, 7) is 2.23. The Kier molecular flexibility index (Phi) is 9.45. The molecule has 0 aromatic rings. The fourth-order valence-electron chi connectivity index (χ4n) is 3.57. The first-order valence-corrected chi connectivity index (χ1v) is 11.5. The zero-order valence-electron chi connectivity index (χ0n) is 15.1. The number of sulfone groups is 1. The van der Waals surface area contributed by atoms with Crippen molar-refractivity contribution in [2.45, 2.75) is 102 Å². The Bertz CT molecular complexity index is 445. The van der Waals surface area contributed by atoms with Gasteiger partial charge < -0.3 is 5.11 Å². The lowest BCUT2D eigenvalue weighted by Crippen LogP contribution is -2.34. The van der Waals surface area contributed by atoms with Gasteiger partial charge in [-0.15, -0.1) is 0 Å². The molecule has 0 aliphatic heterocycles. The predicted molar refractivity (Wildman–Crippen MR) is 98.2 cm³/mol. The molecule has 0 bridgehead atoms. The summed E-state index contributed by atoms with van der Waals surface area (Å²) in [5, 5.41) is 12.2. The van der Waals surface area contributed by atoms with Crippen LogP contribution in [0.4, 0.5) is 0 Å². The van der Waals surface area contributed by atoms with Gasteiger partial charge in [0.2, 0.25) is 0 Å². The molecular weight excluding hydrogens is 308 g/mol. The summed E-state index contributed by atoms with van der Waals surface area (Å²) in [5.41, 5.74) is -0.117. The maximum absolute atomic E-state index is 11.7. The van der Waals surface area contributed by atoms with Gasteiger partial charge in [0.05, 0.1) is 5.60 Å². The van der Waals surface area contributed by atoms with Gasteiger partial charge >= 0.3 is 0 Å². The molecule has 1 fully saturated rings. The Morgan fingerprint density at radius 3 is 2.00 bits per heavy atom. The number of rotatable bonds is 11. The lowest BCUT2D eigenvalue weighted by Gasteiger charge is -2.34. The van der Waals surface area contributed by atoms with Crippen LogP contribution >= 0.6 is 0 Å². The number of aliphatic hydroxyl groups is 1. The topological polar surface area (TPSA) is 54.4 Å². The van der Waals surface area contributed by atoms with Crippen molar-refractivity contribution >= 4 is 9.84 Å². The summed E-state index contributed by atoms with van der Waals surface area (Å²) in [6, 6.07) is 0. The van der Waals surface area contributed by atoms with Gasteiger partial charge in [-0.25, -0.2) is 8.42 Å². The van der Waals surface area contributed by atoms with Crippen LogP contribution in [0.3, 0.4) is 0 Å². The zero-order chi connectivity index (χ0) is 17.2. The fraction of sp³-hybridized carbons (Fsp3) is 0.895. The average molecular weight is 345 g/mol. The first kappa shape index (κ1) is 20.7. The minimum Gasteiger partial charge on any atom is -0.385 e. The SMILES string of the molecule is CCCCCCCCCCC(=CS(C)(=O)=O)C1(O)CCCCC1. The minimum atomic E-state index is -3.19. The molecule has 23 heavy (non-hydrogen) atoms. The van der Waals surface area contributed by atoms with E-state index in [9.17, 15) is 13.5 Å². The van der Waals surface area contributed by atoms with E-state index < -0.39 is 15.4 Å². The second-order valence-electron chi connectivity index (χ2n) is 7.29. The van der Waals surface area contributed by atoms with E-state index in [4.69, 9.17) is 0 Å². The molecule has 0 saturated heterocycles. The Balaban J connectivity index is 2.44. The first-order chi connectivity index (χ1) is 10.9. The van der Waals surface area contributed by atoms with Crippen molar-refractivity contribution in [2.24, 2.45) is 0 Å². The first-order valence-electron chi connectivity index (χ1n) is 9.51. The van der Waals surface area contributed by atoms with Crippen molar-refractivity contribution < 1.29 is 13.5 Å². The number of hydrogen-bond acceptors (Lipinski definition) is 3. The van der Waals surface area contributed by atoms with Gasteiger partial charge in [-0.2, -0.15) is 0 Å². The van der Waals surface area contributed by atoms with Gasteiger partial charge in [-0.1, -0.05) is 71.1 Å². The molecule has 4 heteroatoms. The monoisotopic (exact) mass is 344 g/mol. The van der Waals surface area contributed by atoms with Crippen LogP contribution < -0.4 is 0 Å². The molecule has 0 unspecified atom stereocenters. The molecule has 0 amide bonds.